The van der Waals surface area contributed by atoms with Gasteiger partial charge >= 0.3 is 6.18 Å². The summed E-state index contributed by atoms with van der Waals surface area (Å²) in [6.45, 7) is 4.69. The molecule has 3 aromatic rings. The van der Waals surface area contributed by atoms with E-state index >= 15 is 0 Å². The molecule has 10 heteroatoms. The maximum absolute atomic E-state index is 13.3. The van der Waals surface area contributed by atoms with Crippen LogP contribution in [0.2, 0.25) is 0 Å². The first kappa shape index (κ1) is 24.7. The molecule has 3 aliphatic rings. The van der Waals surface area contributed by atoms with Gasteiger partial charge in [-0.1, -0.05) is 30.3 Å². The summed E-state index contributed by atoms with van der Waals surface area (Å²) < 4.78 is 45.3. The van der Waals surface area contributed by atoms with Gasteiger partial charge in [0.2, 0.25) is 5.95 Å². The molecule has 0 atom stereocenters. The van der Waals surface area contributed by atoms with E-state index in [1.807, 2.05) is 6.07 Å². The number of carbonyl (C=O) groups excluding carboxylic acids is 1. The predicted molar refractivity (Wildman–Crippen MR) is 136 cm³/mol. The Kier molecular flexibility index (Phi) is 6.43. The fourth-order valence-electron chi connectivity index (χ4n) is 5.41. The minimum Gasteiger partial charge on any atom is -0.378 e. The molecule has 1 aromatic heterocycles. The summed E-state index contributed by atoms with van der Waals surface area (Å²) in [5, 5.41) is 0. The van der Waals surface area contributed by atoms with Crippen molar-refractivity contribution in [3.8, 4) is 0 Å². The smallest absolute Gasteiger partial charge is 0.378 e. The first-order valence-electron chi connectivity index (χ1n) is 12.9. The van der Waals surface area contributed by atoms with Gasteiger partial charge in [-0.15, -0.1) is 0 Å². The van der Waals surface area contributed by atoms with Crippen LogP contribution in [0.15, 0.2) is 48.5 Å². The van der Waals surface area contributed by atoms with Crippen molar-refractivity contribution >= 4 is 17.7 Å². The second-order valence-electron chi connectivity index (χ2n) is 9.87. The van der Waals surface area contributed by atoms with Crippen LogP contribution in [0.1, 0.15) is 38.3 Å². The molecule has 1 amide bonds. The molecule has 2 aromatic carbocycles. The molecule has 38 heavy (non-hydrogen) atoms. The maximum Gasteiger partial charge on any atom is 0.416 e. The van der Waals surface area contributed by atoms with Crippen LogP contribution in [0, 0.1) is 0 Å². The number of aromatic nitrogens is 2. The van der Waals surface area contributed by atoms with Crippen LogP contribution < -0.4 is 9.80 Å². The number of hydrogen-bond donors (Lipinski definition) is 0. The van der Waals surface area contributed by atoms with Gasteiger partial charge in [-0.25, -0.2) is 4.98 Å². The minimum absolute atomic E-state index is 0.0284. The van der Waals surface area contributed by atoms with Crippen LogP contribution in [0.4, 0.5) is 24.9 Å². The minimum atomic E-state index is -4.51. The van der Waals surface area contributed by atoms with Gasteiger partial charge in [0.15, 0.2) is 0 Å². The number of fused-ring (bicyclic) bond motifs is 2. The molecule has 0 radical (unpaired) electrons. The van der Waals surface area contributed by atoms with Crippen molar-refractivity contribution in [2.45, 2.75) is 32.1 Å². The molecule has 3 aliphatic heterocycles. The predicted octanol–water partition coefficient (Wildman–Crippen LogP) is 4.09. The zero-order valence-electron chi connectivity index (χ0n) is 20.9. The van der Waals surface area contributed by atoms with E-state index < -0.39 is 17.6 Å². The van der Waals surface area contributed by atoms with Crippen LogP contribution in [-0.4, -0.2) is 60.2 Å². The molecular formula is C28H28F3N5O2. The Morgan fingerprint density at radius 3 is 2.42 bits per heavy atom. The Hall–Kier alpha value is -3.66. The second-order valence-corrected chi connectivity index (χ2v) is 9.87. The van der Waals surface area contributed by atoms with Gasteiger partial charge in [0.25, 0.3) is 5.91 Å². The van der Waals surface area contributed by atoms with Gasteiger partial charge in [-0.05, 0) is 35.7 Å². The number of ether oxygens (including phenoxy) is 1. The zero-order valence-corrected chi connectivity index (χ0v) is 20.9. The molecule has 0 N–H and O–H groups in total. The molecule has 198 valence electrons. The van der Waals surface area contributed by atoms with E-state index in [1.165, 1.54) is 23.3 Å². The lowest BCUT2D eigenvalue weighted by atomic mass is 10.00. The molecule has 0 saturated carbocycles. The standard InChI is InChI=1S/C28H28F3N5O2/c29-28(30,31)22-7-3-6-20(16-22)26(37)35-11-9-24-23(18-35)25(34-12-14-38-15-13-34)33-27(32-24)36-10-8-19-4-1-2-5-21(19)17-36/h1-7,16H,8-15,17-18H2. The van der Waals surface area contributed by atoms with E-state index in [2.05, 4.69) is 28.0 Å². The second kappa shape index (κ2) is 9.90. The average Bonchev–Trinajstić information content (AvgIpc) is 2.95. The number of carbonyl (C=O) groups is 1. The van der Waals surface area contributed by atoms with Gasteiger partial charge in [0, 0.05) is 50.3 Å². The van der Waals surface area contributed by atoms with E-state index in [0.29, 0.717) is 45.2 Å². The molecular weight excluding hydrogens is 495 g/mol. The average molecular weight is 524 g/mol. The fraction of sp³-hybridized carbons (Fsp3) is 0.393. The number of anilines is 2. The Bertz CT molecular complexity index is 1360. The summed E-state index contributed by atoms with van der Waals surface area (Å²) in [5.41, 5.74) is 3.57. The summed E-state index contributed by atoms with van der Waals surface area (Å²) in [6, 6.07) is 13.0. The monoisotopic (exact) mass is 523 g/mol. The highest BCUT2D eigenvalue weighted by Gasteiger charge is 2.33. The van der Waals surface area contributed by atoms with Crippen LogP contribution >= 0.6 is 0 Å². The van der Waals surface area contributed by atoms with Gasteiger partial charge in [0.1, 0.15) is 5.82 Å². The molecule has 0 unspecified atom stereocenters. The number of amides is 1. The Labute approximate surface area is 218 Å². The summed E-state index contributed by atoms with van der Waals surface area (Å²) in [6.07, 6.45) is -3.08. The molecule has 7 nitrogen and oxygen atoms in total. The normalized spacial score (nSPS) is 17.7. The number of alkyl halides is 3. The summed E-state index contributed by atoms with van der Waals surface area (Å²) in [4.78, 5) is 29.2. The van der Waals surface area contributed by atoms with Crippen molar-refractivity contribution in [2.24, 2.45) is 0 Å². The van der Waals surface area contributed by atoms with Crippen LogP contribution in [0.25, 0.3) is 0 Å². The van der Waals surface area contributed by atoms with Crippen LogP contribution in [-0.2, 0) is 36.8 Å². The Morgan fingerprint density at radius 2 is 1.63 bits per heavy atom. The molecule has 0 aliphatic carbocycles. The third-order valence-electron chi connectivity index (χ3n) is 7.47. The van der Waals surface area contributed by atoms with Crippen molar-refractivity contribution < 1.29 is 22.7 Å². The number of hydrogen-bond acceptors (Lipinski definition) is 6. The quantitative estimate of drug-likeness (QED) is 0.516. The van der Waals surface area contributed by atoms with Crippen LogP contribution in [0.3, 0.4) is 0 Å². The van der Waals surface area contributed by atoms with Crippen LogP contribution in [0.5, 0.6) is 0 Å². The van der Waals surface area contributed by atoms with Gasteiger partial charge < -0.3 is 19.4 Å². The topological polar surface area (TPSA) is 61.8 Å². The number of rotatable bonds is 3. The number of nitrogens with zero attached hydrogens (tertiary/aromatic N) is 5. The molecule has 1 fully saturated rings. The first-order valence-corrected chi connectivity index (χ1v) is 12.9. The lowest BCUT2D eigenvalue weighted by Crippen LogP contribution is -2.42. The number of morpholine rings is 1. The summed E-state index contributed by atoms with van der Waals surface area (Å²) >= 11 is 0. The van der Waals surface area contributed by atoms with Gasteiger partial charge in [-0.2, -0.15) is 18.2 Å². The van der Waals surface area contributed by atoms with E-state index in [-0.39, 0.29) is 12.1 Å². The molecule has 0 spiro atoms. The number of benzene rings is 2. The van der Waals surface area contributed by atoms with E-state index in [1.54, 1.807) is 4.90 Å². The Balaban J connectivity index is 1.31. The van der Waals surface area contributed by atoms with E-state index in [4.69, 9.17) is 14.7 Å². The molecule has 6 rings (SSSR count). The third kappa shape index (κ3) is 4.80. The highest BCUT2D eigenvalue weighted by atomic mass is 19.4. The highest BCUT2D eigenvalue weighted by Crippen LogP contribution is 2.33. The van der Waals surface area contributed by atoms with Crippen molar-refractivity contribution in [2.75, 3.05) is 49.2 Å². The van der Waals surface area contributed by atoms with E-state index in [9.17, 15) is 18.0 Å². The fourth-order valence-corrected chi connectivity index (χ4v) is 5.41. The summed E-state index contributed by atoms with van der Waals surface area (Å²) in [5.74, 6) is 1.04. The summed E-state index contributed by atoms with van der Waals surface area (Å²) in [7, 11) is 0. The molecule has 0 bridgehead atoms. The van der Waals surface area contributed by atoms with Crippen molar-refractivity contribution in [3.05, 3.63) is 82.0 Å². The van der Waals surface area contributed by atoms with E-state index in [0.717, 1.165) is 48.7 Å². The first-order chi connectivity index (χ1) is 18.4. The Morgan fingerprint density at radius 1 is 0.842 bits per heavy atom. The van der Waals surface area contributed by atoms with Crippen molar-refractivity contribution in [1.29, 1.82) is 0 Å². The zero-order chi connectivity index (χ0) is 26.3. The SMILES string of the molecule is O=C(c1cccc(C(F)(F)F)c1)N1CCc2nc(N3CCc4ccccc4C3)nc(N3CCOCC3)c2C1. The highest BCUT2D eigenvalue weighted by molar-refractivity contribution is 5.94. The maximum atomic E-state index is 13.3. The van der Waals surface area contributed by atoms with Gasteiger partial charge in [-0.3, -0.25) is 4.79 Å². The lowest BCUT2D eigenvalue weighted by Gasteiger charge is -2.36. The van der Waals surface area contributed by atoms with Crippen molar-refractivity contribution in [3.63, 3.8) is 0 Å². The van der Waals surface area contributed by atoms with Crippen molar-refractivity contribution in [1.82, 2.24) is 14.9 Å². The molecule has 4 heterocycles. The third-order valence-corrected chi connectivity index (χ3v) is 7.47. The molecule has 1 saturated heterocycles. The lowest BCUT2D eigenvalue weighted by molar-refractivity contribution is -0.137. The largest absolute Gasteiger partial charge is 0.416 e. The van der Waals surface area contributed by atoms with Gasteiger partial charge in [0.05, 0.1) is 31.0 Å². The number of halogens is 3.